The van der Waals surface area contributed by atoms with Crippen LogP contribution < -0.4 is 10.7 Å². The summed E-state index contributed by atoms with van der Waals surface area (Å²) in [5.41, 5.74) is 5.46. The number of aryl methyl sites for hydroxylation is 1. The summed E-state index contributed by atoms with van der Waals surface area (Å²) in [6.45, 7) is 1.69. The molecular weight excluding hydrogens is 335 g/mol. The van der Waals surface area contributed by atoms with Gasteiger partial charge in [-0.3, -0.25) is 9.59 Å². The highest BCUT2D eigenvalue weighted by Crippen LogP contribution is 2.19. The molecule has 0 aliphatic carbocycles. The summed E-state index contributed by atoms with van der Waals surface area (Å²) in [5.74, 6) is -1.35. The topological polar surface area (TPSA) is 86.3 Å². The van der Waals surface area contributed by atoms with Crippen LogP contribution in [-0.2, 0) is 4.79 Å². The average Bonchev–Trinajstić information content (AvgIpc) is 2.96. The molecule has 0 saturated carbocycles. The first-order valence-corrected chi connectivity index (χ1v) is 7.97. The number of hydrazone groups is 1. The lowest BCUT2D eigenvalue weighted by Crippen LogP contribution is -2.34. The van der Waals surface area contributed by atoms with E-state index in [-0.39, 0.29) is 12.1 Å². The van der Waals surface area contributed by atoms with Crippen LogP contribution in [0, 0.1) is 12.7 Å². The molecule has 0 radical (unpaired) electrons. The Labute approximate surface area is 149 Å². The standard InChI is InChI=1S/C19H17FN4O2/c1-12-16(15-4-2-3-5-17(15)23-12)10-22-24-18(25)11-21-19(26)13-6-8-14(20)9-7-13/h2-10,23H,11H2,1H3,(H,21,26)(H,24,25). The van der Waals surface area contributed by atoms with Crippen LogP contribution in [0.15, 0.2) is 53.6 Å². The molecule has 0 aliphatic rings. The van der Waals surface area contributed by atoms with E-state index in [4.69, 9.17) is 0 Å². The number of nitrogens with one attached hydrogen (secondary N) is 3. The number of benzene rings is 2. The molecule has 1 heterocycles. The molecule has 2 amide bonds. The number of hydrogen-bond acceptors (Lipinski definition) is 3. The molecule has 7 heteroatoms. The number of halogens is 1. The van der Waals surface area contributed by atoms with E-state index in [9.17, 15) is 14.0 Å². The Morgan fingerprint density at radius 2 is 1.88 bits per heavy atom. The first-order valence-electron chi connectivity index (χ1n) is 7.97. The van der Waals surface area contributed by atoms with E-state index in [1.807, 2.05) is 31.2 Å². The highest BCUT2D eigenvalue weighted by atomic mass is 19.1. The van der Waals surface area contributed by atoms with E-state index < -0.39 is 17.6 Å². The number of fused-ring (bicyclic) bond motifs is 1. The molecule has 0 bridgehead atoms. The minimum absolute atomic E-state index is 0.236. The summed E-state index contributed by atoms with van der Waals surface area (Å²) in [6.07, 6.45) is 1.56. The molecule has 3 rings (SSSR count). The third-order valence-corrected chi connectivity index (χ3v) is 3.84. The smallest absolute Gasteiger partial charge is 0.259 e. The van der Waals surface area contributed by atoms with Crippen molar-refractivity contribution in [3.05, 3.63) is 71.2 Å². The zero-order chi connectivity index (χ0) is 18.5. The van der Waals surface area contributed by atoms with E-state index in [0.29, 0.717) is 0 Å². The van der Waals surface area contributed by atoms with Crippen LogP contribution >= 0.6 is 0 Å². The predicted molar refractivity (Wildman–Crippen MR) is 97.5 cm³/mol. The number of amides is 2. The van der Waals surface area contributed by atoms with E-state index >= 15 is 0 Å². The average molecular weight is 352 g/mol. The molecule has 2 aromatic carbocycles. The zero-order valence-electron chi connectivity index (χ0n) is 14.0. The SMILES string of the molecule is Cc1[nH]c2ccccc2c1C=NNC(=O)CNC(=O)c1ccc(F)cc1. The van der Waals surface area contributed by atoms with Crippen molar-refractivity contribution in [2.45, 2.75) is 6.92 Å². The number of hydrogen-bond donors (Lipinski definition) is 3. The number of H-pyrrole nitrogens is 1. The van der Waals surface area contributed by atoms with Gasteiger partial charge in [-0.25, -0.2) is 9.82 Å². The van der Waals surface area contributed by atoms with Gasteiger partial charge in [0.1, 0.15) is 5.82 Å². The van der Waals surface area contributed by atoms with Crippen molar-refractivity contribution in [3.63, 3.8) is 0 Å². The van der Waals surface area contributed by atoms with Crippen molar-refractivity contribution < 1.29 is 14.0 Å². The molecule has 0 fully saturated rings. The second kappa shape index (κ2) is 7.60. The lowest BCUT2D eigenvalue weighted by atomic mass is 10.1. The van der Waals surface area contributed by atoms with Gasteiger partial charge >= 0.3 is 0 Å². The first kappa shape index (κ1) is 17.3. The minimum Gasteiger partial charge on any atom is -0.358 e. The number of aromatic nitrogens is 1. The van der Waals surface area contributed by atoms with Gasteiger partial charge in [-0.15, -0.1) is 0 Å². The Balaban J connectivity index is 1.55. The first-order chi connectivity index (χ1) is 12.5. The number of nitrogens with zero attached hydrogens (tertiary/aromatic N) is 1. The molecule has 0 aliphatic heterocycles. The number of carbonyl (C=O) groups excluding carboxylic acids is 2. The maximum absolute atomic E-state index is 12.8. The zero-order valence-corrected chi connectivity index (χ0v) is 14.0. The quantitative estimate of drug-likeness (QED) is 0.487. The van der Waals surface area contributed by atoms with Crippen LogP contribution in [0.2, 0.25) is 0 Å². The fourth-order valence-electron chi connectivity index (χ4n) is 2.54. The second-order valence-corrected chi connectivity index (χ2v) is 5.69. The van der Waals surface area contributed by atoms with Crippen molar-refractivity contribution in [2.24, 2.45) is 5.10 Å². The van der Waals surface area contributed by atoms with Crippen molar-refractivity contribution in [2.75, 3.05) is 6.54 Å². The number of carbonyl (C=O) groups is 2. The molecule has 26 heavy (non-hydrogen) atoms. The van der Waals surface area contributed by atoms with Crippen LogP contribution in [0.4, 0.5) is 4.39 Å². The van der Waals surface area contributed by atoms with Crippen molar-refractivity contribution >= 4 is 28.9 Å². The molecule has 0 saturated heterocycles. The Morgan fingerprint density at radius 3 is 2.65 bits per heavy atom. The minimum atomic E-state index is -0.464. The Morgan fingerprint density at radius 1 is 1.15 bits per heavy atom. The number of aromatic amines is 1. The van der Waals surface area contributed by atoms with Gasteiger partial charge in [0.05, 0.1) is 12.8 Å². The Kier molecular flexibility index (Phi) is 5.07. The second-order valence-electron chi connectivity index (χ2n) is 5.69. The summed E-state index contributed by atoms with van der Waals surface area (Å²) in [7, 11) is 0. The highest BCUT2D eigenvalue weighted by molar-refractivity contribution is 6.01. The van der Waals surface area contributed by atoms with Crippen molar-refractivity contribution in [1.29, 1.82) is 0 Å². The summed E-state index contributed by atoms with van der Waals surface area (Å²) < 4.78 is 12.8. The predicted octanol–water partition coefficient (Wildman–Crippen LogP) is 2.50. The van der Waals surface area contributed by atoms with Crippen molar-refractivity contribution in [1.82, 2.24) is 15.7 Å². The molecule has 132 valence electrons. The summed E-state index contributed by atoms with van der Waals surface area (Å²) in [4.78, 5) is 26.9. The summed E-state index contributed by atoms with van der Waals surface area (Å²) >= 11 is 0. The lowest BCUT2D eigenvalue weighted by Gasteiger charge is -2.04. The molecule has 0 spiro atoms. The normalized spacial score (nSPS) is 11.0. The maximum atomic E-state index is 12.8. The monoisotopic (exact) mass is 352 g/mol. The van der Waals surface area contributed by atoms with Crippen molar-refractivity contribution in [3.8, 4) is 0 Å². The highest BCUT2D eigenvalue weighted by Gasteiger charge is 2.08. The van der Waals surface area contributed by atoms with Gasteiger partial charge in [-0.2, -0.15) is 5.10 Å². The molecule has 1 aromatic heterocycles. The third-order valence-electron chi connectivity index (χ3n) is 3.84. The number of rotatable bonds is 5. The molecule has 3 aromatic rings. The molecule has 6 nitrogen and oxygen atoms in total. The lowest BCUT2D eigenvalue weighted by molar-refractivity contribution is -0.120. The van der Waals surface area contributed by atoms with Gasteiger partial charge in [0.2, 0.25) is 0 Å². The fourth-order valence-corrected chi connectivity index (χ4v) is 2.54. The number of para-hydroxylation sites is 1. The largest absolute Gasteiger partial charge is 0.358 e. The van der Waals surface area contributed by atoms with Crippen LogP contribution in [-0.4, -0.2) is 29.6 Å². The van der Waals surface area contributed by atoms with E-state index in [1.54, 1.807) is 6.21 Å². The van der Waals surface area contributed by atoms with Crippen LogP contribution in [0.5, 0.6) is 0 Å². The third kappa shape index (κ3) is 3.94. The molecule has 0 unspecified atom stereocenters. The van der Waals surface area contributed by atoms with Gasteiger partial charge in [0.15, 0.2) is 0 Å². The van der Waals surface area contributed by atoms with Crippen LogP contribution in [0.1, 0.15) is 21.6 Å². The molecule has 0 atom stereocenters. The Hall–Kier alpha value is -3.48. The van der Waals surface area contributed by atoms with Gasteiger partial charge < -0.3 is 10.3 Å². The van der Waals surface area contributed by atoms with Gasteiger partial charge in [0.25, 0.3) is 11.8 Å². The van der Waals surface area contributed by atoms with E-state index in [1.165, 1.54) is 24.3 Å². The van der Waals surface area contributed by atoms with Gasteiger partial charge in [-0.05, 0) is 37.3 Å². The van der Waals surface area contributed by atoms with Gasteiger partial charge in [0, 0.05) is 27.7 Å². The molecular formula is C19H17FN4O2. The molecule has 3 N–H and O–H groups in total. The van der Waals surface area contributed by atoms with Crippen LogP contribution in [0.25, 0.3) is 10.9 Å². The fraction of sp³-hybridized carbons (Fsp3) is 0.105. The summed E-state index contributed by atoms with van der Waals surface area (Å²) in [5, 5.41) is 7.40. The summed E-state index contributed by atoms with van der Waals surface area (Å²) in [6, 6.07) is 12.8. The van der Waals surface area contributed by atoms with E-state index in [0.717, 1.165) is 22.2 Å². The maximum Gasteiger partial charge on any atom is 0.259 e. The van der Waals surface area contributed by atoms with E-state index in [2.05, 4.69) is 20.8 Å². The Bertz CT molecular complexity index is 977. The van der Waals surface area contributed by atoms with Gasteiger partial charge in [-0.1, -0.05) is 18.2 Å². The van der Waals surface area contributed by atoms with Crippen LogP contribution in [0.3, 0.4) is 0 Å².